The molecule has 0 fully saturated rings. The maximum absolute atomic E-state index is 9.72. The molecule has 0 atom stereocenters. The number of rotatable bonds is 1. The van der Waals surface area contributed by atoms with Gasteiger partial charge in [0.1, 0.15) is 5.75 Å². The summed E-state index contributed by atoms with van der Waals surface area (Å²) in [7, 11) is 0. The molecule has 4 aromatic rings. The zero-order valence-corrected chi connectivity index (χ0v) is 11.5. The van der Waals surface area contributed by atoms with Gasteiger partial charge in [0, 0.05) is 0 Å². The van der Waals surface area contributed by atoms with E-state index in [9.17, 15) is 5.11 Å². The zero-order chi connectivity index (χ0) is 14.2. The average Bonchev–Trinajstić information content (AvgIpc) is 2.54. The molecule has 0 bridgehead atoms. The third-order valence-corrected chi connectivity index (χ3v) is 3.94. The van der Waals surface area contributed by atoms with Gasteiger partial charge in [-0.2, -0.15) is 0 Å². The van der Waals surface area contributed by atoms with Crippen molar-refractivity contribution in [2.45, 2.75) is 0 Å². The molecule has 4 aromatic carbocycles. The molecule has 0 saturated carbocycles. The summed E-state index contributed by atoms with van der Waals surface area (Å²) < 4.78 is 0. The molecule has 1 heteroatoms. The highest BCUT2D eigenvalue weighted by atomic mass is 16.3. The van der Waals surface area contributed by atoms with Crippen molar-refractivity contribution in [1.82, 2.24) is 0 Å². The Morgan fingerprint density at radius 2 is 1.38 bits per heavy atom. The zero-order valence-electron chi connectivity index (χ0n) is 11.5. The Morgan fingerprint density at radius 1 is 0.571 bits per heavy atom. The number of benzene rings is 4. The number of aromatic hydroxyl groups is 1. The molecule has 0 aliphatic rings. The number of hydrogen-bond donors (Lipinski definition) is 1. The molecule has 0 heterocycles. The minimum absolute atomic E-state index is 0.297. The monoisotopic (exact) mass is 270 g/mol. The lowest BCUT2D eigenvalue weighted by atomic mass is 9.95. The SMILES string of the molecule is Oc1cccc(-c2cccc3c2ccc2ccccc23)c1. The van der Waals surface area contributed by atoms with Gasteiger partial charge in [-0.15, -0.1) is 0 Å². The molecule has 4 rings (SSSR count). The van der Waals surface area contributed by atoms with Gasteiger partial charge in [0.25, 0.3) is 0 Å². The van der Waals surface area contributed by atoms with Crippen LogP contribution in [-0.4, -0.2) is 5.11 Å². The van der Waals surface area contributed by atoms with E-state index in [2.05, 4.69) is 54.6 Å². The highest BCUT2D eigenvalue weighted by molar-refractivity contribution is 6.12. The van der Waals surface area contributed by atoms with Gasteiger partial charge in [0.05, 0.1) is 0 Å². The van der Waals surface area contributed by atoms with E-state index < -0.39 is 0 Å². The Morgan fingerprint density at radius 3 is 2.29 bits per heavy atom. The molecule has 0 aliphatic heterocycles. The molecule has 0 unspecified atom stereocenters. The maximum atomic E-state index is 9.72. The average molecular weight is 270 g/mol. The number of hydrogen-bond acceptors (Lipinski definition) is 1. The lowest BCUT2D eigenvalue weighted by Crippen LogP contribution is -1.83. The quantitative estimate of drug-likeness (QED) is 0.461. The maximum Gasteiger partial charge on any atom is 0.116 e. The molecule has 1 nitrogen and oxygen atoms in total. The summed E-state index contributed by atoms with van der Waals surface area (Å²) in [4.78, 5) is 0. The summed E-state index contributed by atoms with van der Waals surface area (Å²) in [5.74, 6) is 0.297. The molecule has 0 amide bonds. The van der Waals surface area contributed by atoms with Gasteiger partial charge in [-0.05, 0) is 44.8 Å². The van der Waals surface area contributed by atoms with Gasteiger partial charge in [-0.3, -0.25) is 0 Å². The Hall–Kier alpha value is -2.80. The van der Waals surface area contributed by atoms with E-state index in [1.54, 1.807) is 6.07 Å². The van der Waals surface area contributed by atoms with E-state index in [0.29, 0.717) is 5.75 Å². The smallest absolute Gasteiger partial charge is 0.116 e. The Labute approximate surface area is 123 Å². The largest absolute Gasteiger partial charge is 0.508 e. The van der Waals surface area contributed by atoms with Gasteiger partial charge >= 0.3 is 0 Å². The van der Waals surface area contributed by atoms with Crippen LogP contribution in [0.5, 0.6) is 5.75 Å². The lowest BCUT2D eigenvalue weighted by Gasteiger charge is -2.10. The number of fused-ring (bicyclic) bond motifs is 3. The summed E-state index contributed by atoms with van der Waals surface area (Å²) >= 11 is 0. The molecule has 100 valence electrons. The van der Waals surface area contributed by atoms with Crippen LogP contribution in [0.2, 0.25) is 0 Å². The van der Waals surface area contributed by atoms with E-state index in [1.807, 2.05) is 18.2 Å². The third kappa shape index (κ3) is 1.95. The molecule has 0 spiro atoms. The first-order chi connectivity index (χ1) is 10.3. The Balaban J connectivity index is 2.09. The molecule has 0 aromatic heterocycles. The van der Waals surface area contributed by atoms with E-state index in [4.69, 9.17) is 0 Å². The molecule has 0 saturated heterocycles. The van der Waals surface area contributed by atoms with Crippen LogP contribution in [0.4, 0.5) is 0 Å². The van der Waals surface area contributed by atoms with Gasteiger partial charge in [-0.25, -0.2) is 0 Å². The van der Waals surface area contributed by atoms with Gasteiger partial charge in [0.2, 0.25) is 0 Å². The van der Waals surface area contributed by atoms with E-state index in [-0.39, 0.29) is 0 Å². The number of phenols is 1. The van der Waals surface area contributed by atoms with Gasteiger partial charge in [0.15, 0.2) is 0 Å². The molecular weight excluding hydrogens is 256 g/mol. The van der Waals surface area contributed by atoms with Crippen molar-refractivity contribution in [2.24, 2.45) is 0 Å². The number of phenolic OH excluding ortho intramolecular Hbond substituents is 1. The second-order valence-corrected chi connectivity index (χ2v) is 5.24. The van der Waals surface area contributed by atoms with Crippen molar-refractivity contribution in [3.8, 4) is 16.9 Å². The normalized spacial score (nSPS) is 11.0. The Bertz CT molecular complexity index is 954. The van der Waals surface area contributed by atoms with Crippen LogP contribution in [0.15, 0.2) is 78.9 Å². The minimum atomic E-state index is 0.297. The van der Waals surface area contributed by atoms with E-state index >= 15 is 0 Å². The summed E-state index contributed by atoms with van der Waals surface area (Å²) in [5.41, 5.74) is 2.19. The highest BCUT2D eigenvalue weighted by Gasteiger charge is 2.06. The molecule has 0 radical (unpaired) electrons. The van der Waals surface area contributed by atoms with Crippen LogP contribution < -0.4 is 0 Å². The molecule has 21 heavy (non-hydrogen) atoms. The first-order valence-corrected chi connectivity index (χ1v) is 7.03. The van der Waals surface area contributed by atoms with Crippen molar-refractivity contribution < 1.29 is 5.11 Å². The van der Waals surface area contributed by atoms with Crippen molar-refractivity contribution >= 4 is 21.5 Å². The fourth-order valence-corrected chi connectivity index (χ4v) is 2.97. The van der Waals surface area contributed by atoms with Gasteiger partial charge < -0.3 is 5.11 Å². The van der Waals surface area contributed by atoms with E-state index in [1.165, 1.54) is 21.5 Å². The summed E-state index contributed by atoms with van der Waals surface area (Å²) in [6, 6.07) is 26.5. The second kappa shape index (κ2) is 4.64. The predicted molar refractivity (Wildman–Crippen MR) is 88.6 cm³/mol. The second-order valence-electron chi connectivity index (χ2n) is 5.24. The topological polar surface area (TPSA) is 20.2 Å². The van der Waals surface area contributed by atoms with Crippen LogP contribution in [0, 0.1) is 0 Å². The Kier molecular flexibility index (Phi) is 2.65. The molecule has 1 N–H and O–H groups in total. The minimum Gasteiger partial charge on any atom is -0.508 e. The van der Waals surface area contributed by atoms with Crippen molar-refractivity contribution in [3.05, 3.63) is 78.9 Å². The first-order valence-electron chi connectivity index (χ1n) is 7.03. The van der Waals surface area contributed by atoms with Crippen LogP contribution >= 0.6 is 0 Å². The summed E-state index contributed by atoms with van der Waals surface area (Å²) in [6.45, 7) is 0. The van der Waals surface area contributed by atoms with Crippen LogP contribution in [-0.2, 0) is 0 Å². The van der Waals surface area contributed by atoms with Crippen molar-refractivity contribution in [1.29, 1.82) is 0 Å². The van der Waals surface area contributed by atoms with E-state index in [0.717, 1.165) is 11.1 Å². The highest BCUT2D eigenvalue weighted by Crippen LogP contribution is 2.33. The van der Waals surface area contributed by atoms with Crippen LogP contribution in [0.1, 0.15) is 0 Å². The lowest BCUT2D eigenvalue weighted by molar-refractivity contribution is 0.475. The fourth-order valence-electron chi connectivity index (χ4n) is 2.97. The molecule has 0 aliphatic carbocycles. The van der Waals surface area contributed by atoms with Crippen LogP contribution in [0.25, 0.3) is 32.7 Å². The predicted octanol–water partition coefficient (Wildman–Crippen LogP) is 5.37. The third-order valence-electron chi connectivity index (χ3n) is 3.94. The summed E-state index contributed by atoms with van der Waals surface area (Å²) in [6.07, 6.45) is 0. The van der Waals surface area contributed by atoms with Gasteiger partial charge in [-0.1, -0.05) is 66.7 Å². The first kappa shape index (κ1) is 12.0. The van der Waals surface area contributed by atoms with Crippen molar-refractivity contribution in [2.75, 3.05) is 0 Å². The fraction of sp³-hybridized carbons (Fsp3) is 0. The van der Waals surface area contributed by atoms with Crippen molar-refractivity contribution in [3.63, 3.8) is 0 Å². The standard InChI is InChI=1S/C20H14O/c21-16-7-3-6-15(13-16)18-9-4-10-19-17-8-2-1-5-14(17)11-12-20(18)19/h1-13,21H. The van der Waals surface area contributed by atoms with Crippen LogP contribution in [0.3, 0.4) is 0 Å². The molecular formula is C20H14O. The summed E-state index contributed by atoms with van der Waals surface area (Å²) in [5, 5.41) is 14.7.